The van der Waals surface area contributed by atoms with E-state index in [9.17, 15) is 5.11 Å². The lowest BCUT2D eigenvalue weighted by molar-refractivity contribution is 0.137. The molecule has 2 unspecified atom stereocenters. The first-order valence-corrected chi connectivity index (χ1v) is 10.4. The minimum Gasteiger partial charge on any atom is -0.388 e. The Morgan fingerprint density at radius 2 is 1.67 bits per heavy atom. The number of hydrogen-bond acceptors (Lipinski definition) is 2. The number of aromatic nitrogens is 1. The first kappa shape index (κ1) is 20.1. The first-order valence-electron chi connectivity index (χ1n) is 10.4. The summed E-state index contributed by atoms with van der Waals surface area (Å²) >= 11 is 0. The second kappa shape index (κ2) is 8.68. The largest absolute Gasteiger partial charge is 0.388 e. The molecule has 0 radical (unpaired) electrons. The van der Waals surface area contributed by atoms with Gasteiger partial charge in [0.05, 0.1) is 6.10 Å². The minimum atomic E-state index is -0.581. The number of rotatable bonds is 8. The summed E-state index contributed by atoms with van der Waals surface area (Å²) in [6.45, 7) is 2.17. The van der Waals surface area contributed by atoms with Crippen LogP contribution < -0.4 is 0 Å². The molecular weight excluding hydrogens is 368 g/mol. The van der Waals surface area contributed by atoms with Crippen molar-refractivity contribution in [2.75, 3.05) is 0 Å². The van der Waals surface area contributed by atoms with E-state index in [1.807, 2.05) is 54.7 Å². The standard InChI is InChI=1S/C27H28N2O/c1-27(19-26(30)21-10-6-3-7-11-21,18-24(28)16-20-8-4-2-5-9-20)23-12-13-25-22(17-23)14-15-29-25/h2-15,17,26,28-30H,16,18-19H2,1H3. The molecule has 152 valence electrons. The monoisotopic (exact) mass is 396 g/mol. The molecule has 0 saturated heterocycles. The van der Waals surface area contributed by atoms with Crippen molar-refractivity contribution in [3.05, 3.63) is 108 Å². The lowest BCUT2D eigenvalue weighted by atomic mass is 9.72. The Morgan fingerprint density at radius 3 is 2.40 bits per heavy atom. The van der Waals surface area contributed by atoms with Gasteiger partial charge >= 0.3 is 0 Å². The third-order valence-electron chi connectivity index (χ3n) is 5.94. The molecule has 0 fully saturated rings. The van der Waals surface area contributed by atoms with Crippen LogP contribution in [0.3, 0.4) is 0 Å². The highest BCUT2D eigenvalue weighted by molar-refractivity contribution is 5.85. The van der Waals surface area contributed by atoms with Crippen LogP contribution in [0.25, 0.3) is 10.9 Å². The summed E-state index contributed by atoms with van der Waals surface area (Å²) < 4.78 is 0. The molecule has 0 aliphatic rings. The molecule has 3 nitrogen and oxygen atoms in total. The lowest BCUT2D eigenvalue weighted by Gasteiger charge is -2.33. The van der Waals surface area contributed by atoms with Crippen LogP contribution >= 0.6 is 0 Å². The smallest absolute Gasteiger partial charge is 0.0798 e. The molecule has 30 heavy (non-hydrogen) atoms. The van der Waals surface area contributed by atoms with Gasteiger partial charge in [-0.1, -0.05) is 73.7 Å². The molecule has 3 heteroatoms. The summed E-state index contributed by atoms with van der Waals surface area (Å²) in [6.07, 6.45) is 3.15. The van der Waals surface area contributed by atoms with Crippen LogP contribution in [0, 0.1) is 5.41 Å². The number of H-pyrrole nitrogens is 1. The van der Waals surface area contributed by atoms with E-state index in [0.717, 1.165) is 27.6 Å². The molecule has 3 aromatic carbocycles. The maximum atomic E-state index is 11.0. The van der Waals surface area contributed by atoms with Gasteiger partial charge in [-0.3, -0.25) is 0 Å². The fourth-order valence-electron chi connectivity index (χ4n) is 4.32. The van der Waals surface area contributed by atoms with E-state index in [1.165, 1.54) is 0 Å². The summed E-state index contributed by atoms with van der Waals surface area (Å²) in [5.41, 5.74) is 4.65. The Bertz CT molecular complexity index is 1120. The third-order valence-corrected chi connectivity index (χ3v) is 5.94. The average Bonchev–Trinajstić information content (AvgIpc) is 3.23. The number of fused-ring (bicyclic) bond motifs is 1. The van der Waals surface area contributed by atoms with Crippen molar-refractivity contribution >= 4 is 16.6 Å². The molecule has 4 aromatic rings. The van der Waals surface area contributed by atoms with Gasteiger partial charge in [-0.2, -0.15) is 0 Å². The predicted octanol–water partition coefficient (Wildman–Crippen LogP) is 6.20. The number of benzene rings is 3. The fourth-order valence-corrected chi connectivity index (χ4v) is 4.32. The van der Waals surface area contributed by atoms with E-state index in [4.69, 9.17) is 5.41 Å². The summed E-state index contributed by atoms with van der Waals surface area (Å²) in [4.78, 5) is 3.25. The van der Waals surface area contributed by atoms with Crippen molar-refractivity contribution < 1.29 is 5.11 Å². The molecule has 0 saturated carbocycles. The maximum Gasteiger partial charge on any atom is 0.0798 e. The Labute approximate surface area is 177 Å². The topological polar surface area (TPSA) is 59.9 Å². The molecule has 4 rings (SSSR count). The van der Waals surface area contributed by atoms with Crippen LogP contribution in [0.2, 0.25) is 0 Å². The second-order valence-corrected chi connectivity index (χ2v) is 8.41. The molecule has 0 aliphatic carbocycles. The van der Waals surface area contributed by atoms with Crippen LogP contribution in [-0.4, -0.2) is 15.8 Å². The van der Waals surface area contributed by atoms with E-state index in [0.29, 0.717) is 25.0 Å². The molecule has 1 aromatic heterocycles. The van der Waals surface area contributed by atoms with Crippen LogP contribution in [0.1, 0.15) is 42.6 Å². The van der Waals surface area contributed by atoms with Gasteiger partial charge in [0.1, 0.15) is 0 Å². The highest BCUT2D eigenvalue weighted by Crippen LogP contribution is 2.38. The highest BCUT2D eigenvalue weighted by Gasteiger charge is 2.31. The molecule has 3 N–H and O–H groups in total. The quantitative estimate of drug-likeness (QED) is 0.305. The molecule has 0 aliphatic heterocycles. The van der Waals surface area contributed by atoms with Gasteiger partial charge in [-0.25, -0.2) is 0 Å². The predicted molar refractivity (Wildman–Crippen MR) is 124 cm³/mol. The number of aliphatic hydroxyl groups is 1. The van der Waals surface area contributed by atoms with E-state index in [-0.39, 0.29) is 5.41 Å². The molecule has 2 atom stereocenters. The number of aromatic amines is 1. The zero-order valence-electron chi connectivity index (χ0n) is 17.3. The Balaban J connectivity index is 1.63. The summed E-state index contributed by atoms with van der Waals surface area (Å²) in [5, 5.41) is 20.9. The van der Waals surface area contributed by atoms with Crippen LogP contribution in [0.15, 0.2) is 91.1 Å². The lowest BCUT2D eigenvalue weighted by Crippen LogP contribution is -2.29. The molecule has 1 heterocycles. The molecule has 0 bridgehead atoms. The minimum absolute atomic E-state index is 0.355. The Kier molecular flexibility index (Phi) is 5.82. The average molecular weight is 397 g/mol. The van der Waals surface area contributed by atoms with Gasteiger partial charge in [-0.15, -0.1) is 0 Å². The SMILES string of the molecule is CC(CC(=N)Cc1ccccc1)(CC(O)c1ccccc1)c1ccc2[nH]ccc2c1. The summed E-state index contributed by atoms with van der Waals surface area (Å²) in [6, 6.07) is 28.5. The number of aliphatic hydroxyl groups excluding tert-OH is 1. The van der Waals surface area contributed by atoms with Gasteiger partial charge < -0.3 is 15.5 Å². The van der Waals surface area contributed by atoms with Gasteiger partial charge in [-0.05, 0) is 53.1 Å². The zero-order chi connectivity index (χ0) is 21.0. The van der Waals surface area contributed by atoms with Crippen molar-refractivity contribution in [3.8, 4) is 0 Å². The van der Waals surface area contributed by atoms with E-state index < -0.39 is 6.10 Å². The Morgan fingerprint density at radius 1 is 0.967 bits per heavy atom. The fraction of sp³-hybridized carbons (Fsp3) is 0.222. The third kappa shape index (κ3) is 4.52. The van der Waals surface area contributed by atoms with Crippen LogP contribution in [0.5, 0.6) is 0 Å². The Hall–Kier alpha value is -3.17. The number of nitrogens with one attached hydrogen (secondary N) is 2. The highest BCUT2D eigenvalue weighted by atomic mass is 16.3. The van der Waals surface area contributed by atoms with Gasteiger partial charge in [0.15, 0.2) is 0 Å². The van der Waals surface area contributed by atoms with Crippen molar-refractivity contribution in [1.82, 2.24) is 4.98 Å². The van der Waals surface area contributed by atoms with Gasteiger partial charge in [0, 0.05) is 29.3 Å². The maximum absolute atomic E-state index is 11.0. The van der Waals surface area contributed by atoms with Crippen molar-refractivity contribution in [1.29, 1.82) is 5.41 Å². The molecular formula is C27H28N2O. The van der Waals surface area contributed by atoms with Crippen molar-refractivity contribution in [3.63, 3.8) is 0 Å². The van der Waals surface area contributed by atoms with Crippen molar-refractivity contribution in [2.45, 2.75) is 37.7 Å². The van der Waals surface area contributed by atoms with Crippen LogP contribution in [0.4, 0.5) is 0 Å². The molecule has 0 amide bonds. The normalized spacial score (nSPS) is 14.3. The van der Waals surface area contributed by atoms with E-state index in [2.05, 4.69) is 48.3 Å². The molecule has 0 spiro atoms. The van der Waals surface area contributed by atoms with Crippen molar-refractivity contribution in [2.24, 2.45) is 0 Å². The van der Waals surface area contributed by atoms with Gasteiger partial charge in [0.25, 0.3) is 0 Å². The zero-order valence-corrected chi connectivity index (χ0v) is 17.3. The summed E-state index contributed by atoms with van der Waals surface area (Å²) in [5.74, 6) is 0. The number of hydrogen-bond donors (Lipinski definition) is 3. The summed E-state index contributed by atoms with van der Waals surface area (Å²) in [7, 11) is 0. The van der Waals surface area contributed by atoms with E-state index >= 15 is 0 Å². The van der Waals surface area contributed by atoms with E-state index in [1.54, 1.807) is 0 Å². The van der Waals surface area contributed by atoms with Gasteiger partial charge in [0.2, 0.25) is 0 Å². The van der Waals surface area contributed by atoms with Crippen LogP contribution in [-0.2, 0) is 11.8 Å². The first-order chi connectivity index (χ1) is 14.5. The second-order valence-electron chi connectivity index (χ2n) is 8.41.